The van der Waals surface area contributed by atoms with E-state index in [1.54, 1.807) is 12.1 Å². The minimum absolute atomic E-state index is 0.217. The minimum atomic E-state index is -0.217. The van der Waals surface area contributed by atoms with Gasteiger partial charge in [-0.1, -0.05) is 17.7 Å². The Bertz CT molecular complexity index is 623. The van der Waals surface area contributed by atoms with E-state index in [-0.39, 0.29) is 11.0 Å². The molecule has 20 heavy (non-hydrogen) atoms. The van der Waals surface area contributed by atoms with Crippen molar-refractivity contribution in [1.29, 1.82) is 0 Å². The van der Waals surface area contributed by atoms with E-state index in [1.807, 2.05) is 43.3 Å². The lowest BCUT2D eigenvalue weighted by Crippen LogP contribution is -2.34. The van der Waals surface area contributed by atoms with Gasteiger partial charge in [0.15, 0.2) is 5.11 Å². The Labute approximate surface area is 136 Å². The normalized spacial score (nSPS) is 9.90. The quantitative estimate of drug-likeness (QED) is 0.601. The van der Waals surface area contributed by atoms with Crippen LogP contribution in [0.1, 0.15) is 15.9 Å². The molecule has 102 valence electrons. The van der Waals surface area contributed by atoms with Crippen molar-refractivity contribution in [3.05, 3.63) is 63.2 Å². The molecule has 2 rings (SSSR count). The van der Waals surface area contributed by atoms with Crippen LogP contribution in [0.25, 0.3) is 0 Å². The number of aryl methyl sites for hydroxylation is 1. The summed E-state index contributed by atoms with van der Waals surface area (Å²) in [6.07, 6.45) is 0. The average molecular weight is 396 g/mol. The van der Waals surface area contributed by atoms with Gasteiger partial charge in [-0.3, -0.25) is 10.1 Å². The number of hydrogen-bond donors (Lipinski definition) is 2. The monoisotopic (exact) mass is 396 g/mol. The van der Waals surface area contributed by atoms with Gasteiger partial charge in [0.2, 0.25) is 0 Å². The highest BCUT2D eigenvalue weighted by molar-refractivity contribution is 14.1. The number of halogens is 1. The molecule has 2 aromatic carbocycles. The zero-order chi connectivity index (χ0) is 14.5. The molecule has 0 saturated heterocycles. The van der Waals surface area contributed by atoms with Gasteiger partial charge < -0.3 is 5.32 Å². The molecule has 2 N–H and O–H groups in total. The molecule has 5 heteroatoms. The summed E-state index contributed by atoms with van der Waals surface area (Å²) >= 11 is 7.32. The van der Waals surface area contributed by atoms with E-state index < -0.39 is 0 Å². The highest BCUT2D eigenvalue weighted by atomic mass is 127. The fourth-order valence-corrected chi connectivity index (χ4v) is 2.15. The third kappa shape index (κ3) is 4.28. The zero-order valence-electron chi connectivity index (χ0n) is 10.8. The van der Waals surface area contributed by atoms with E-state index in [0.717, 1.165) is 9.26 Å². The molecule has 0 aromatic heterocycles. The summed E-state index contributed by atoms with van der Waals surface area (Å²) in [6.45, 7) is 2.01. The molecule has 0 unspecified atom stereocenters. The van der Waals surface area contributed by atoms with Gasteiger partial charge in [0.1, 0.15) is 0 Å². The number of carbonyl (C=O) groups is 1. The molecule has 0 saturated carbocycles. The van der Waals surface area contributed by atoms with Crippen LogP contribution < -0.4 is 10.6 Å². The van der Waals surface area contributed by atoms with E-state index in [1.165, 1.54) is 5.56 Å². The van der Waals surface area contributed by atoms with Gasteiger partial charge in [-0.25, -0.2) is 0 Å². The number of nitrogens with one attached hydrogen (secondary N) is 2. The molecule has 0 bridgehead atoms. The first kappa shape index (κ1) is 14.9. The van der Waals surface area contributed by atoms with Crippen LogP contribution in [0.5, 0.6) is 0 Å². The van der Waals surface area contributed by atoms with E-state index in [9.17, 15) is 4.79 Å². The zero-order valence-corrected chi connectivity index (χ0v) is 13.8. The topological polar surface area (TPSA) is 41.1 Å². The maximum absolute atomic E-state index is 12.0. The van der Waals surface area contributed by atoms with Crippen LogP contribution in [0.4, 0.5) is 5.69 Å². The fraction of sp³-hybridized carbons (Fsp3) is 0.0667. The molecule has 0 fully saturated rings. The van der Waals surface area contributed by atoms with Crippen molar-refractivity contribution in [2.24, 2.45) is 0 Å². The Morgan fingerprint density at radius 1 is 1.05 bits per heavy atom. The summed E-state index contributed by atoms with van der Waals surface area (Å²) in [5.41, 5.74) is 2.60. The molecule has 1 amide bonds. The Balaban J connectivity index is 1.95. The van der Waals surface area contributed by atoms with Crippen LogP contribution in [-0.4, -0.2) is 11.0 Å². The van der Waals surface area contributed by atoms with Crippen molar-refractivity contribution in [3.8, 4) is 0 Å². The third-order valence-corrected chi connectivity index (χ3v) is 3.57. The average Bonchev–Trinajstić information content (AvgIpc) is 2.42. The lowest BCUT2D eigenvalue weighted by Gasteiger charge is -2.09. The largest absolute Gasteiger partial charge is 0.332 e. The second-order valence-electron chi connectivity index (χ2n) is 4.28. The van der Waals surface area contributed by atoms with Crippen LogP contribution in [0.3, 0.4) is 0 Å². The molecular formula is C15H13IN2OS. The summed E-state index contributed by atoms with van der Waals surface area (Å²) in [5.74, 6) is -0.217. The van der Waals surface area contributed by atoms with Crippen molar-refractivity contribution < 1.29 is 4.79 Å². The maximum atomic E-state index is 12.0. The van der Waals surface area contributed by atoms with Crippen LogP contribution in [-0.2, 0) is 0 Å². The summed E-state index contributed by atoms with van der Waals surface area (Å²) < 4.78 is 1.08. The molecule has 0 aliphatic carbocycles. The number of carbonyl (C=O) groups excluding carboxylic acids is 1. The van der Waals surface area contributed by atoms with Crippen LogP contribution in [0, 0.1) is 10.5 Å². The lowest BCUT2D eigenvalue weighted by atomic mass is 10.2. The van der Waals surface area contributed by atoms with Gasteiger partial charge in [0.25, 0.3) is 5.91 Å². The minimum Gasteiger partial charge on any atom is -0.332 e. The highest BCUT2D eigenvalue weighted by Gasteiger charge is 2.07. The van der Waals surface area contributed by atoms with Gasteiger partial charge in [0.05, 0.1) is 0 Å². The van der Waals surface area contributed by atoms with Crippen molar-refractivity contribution in [2.45, 2.75) is 6.92 Å². The molecule has 0 spiro atoms. The predicted octanol–water partition coefficient (Wildman–Crippen LogP) is 3.73. The first-order valence-electron chi connectivity index (χ1n) is 5.99. The van der Waals surface area contributed by atoms with Crippen molar-refractivity contribution in [3.63, 3.8) is 0 Å². The van der Waals surface area contributed by atoms with Gasteiger partial charge in [-0.2, -0.15) is 0 Å². The van der Waals surface area contributed by atoms with E-state index >= 15 is 0 Å². The Morgan fingerprint density at radius 2 is 1.65 bits per heavy atom. The predicted molar refractivity (Wildman–Crippen MR) is 94.0 cm³/mol. The smallest absolute Gasteiger partial charge is 0.257 e. The molecule has 0 aliphatic heterocycles. The van der Waals surface area contributed by atoms with Gasteiger partial charge in [0, 0.05) is 14.8 Å². The standard InChI is InChI=1S/C15H13IN2OS/c1-10-2-8-13(9-3-10)17-15(20)18-14(19)11-4-6-12(16)7-5-11/h2-9H,1H3,(H2,17,18,19,20). The van der Waals surface area contributed by atoms with Gasteiger partial charge >= 0.3 is 0 Å². The fourth-order valence-electron chi connectivity index (χ4n) is 1.58. The first-order chi connectivity index (χ1) is 9.54. The molecule has 3 nitrogen and oxygen atoms in total. The second-order valence-corrected chi connectivity index (χ2v) is 5.94. The lowest BCUT2D eigenvalue weighted by molar-refractivity contribution is 0.0977. The number of thiocarbonyl (C=S) groups is 1. The molecule has 0 aliphatic rings. The maximum Gasteiger partial charge on any atom is 0.257 e. The third-order valence-electron chi connectivity index (χ3n) is 2.64. The number of hydrogen-bond acceptors (Lipinski definition) is 2. The molecule has 2 aromatic rings. The molecule has 0 radical (unpaired) electrons. The summed E-state index contributed by atoms with van der Waals surface area (Å²) in [5, 5.41) is 5.93. The van der Waals surface area contributed by atoms with Gasteiger partial charge in [-0.15, -0.1) is 0 Å². The number of anilines is 1. The van der Waals surface area contributed by atoms with Crippen LogP contribution in [0.2, 0.25) is 0 Å². The number of rotatable bonds is 2. The van der Waals surface area contributed by atoms with Gasteiger partial charge in [-0.05, 0) is 78.1 Å². The Kier molecular flexibility index (Phi) is 5.08. The molecule has 0 heterocycles. The van der Waals surface area contributed by atoms with Crippen LogP contribution in [0.15, 0.2) is 48.5 Å². The first-order valence-corrected chi connectivity index (χ1v) is 7.48. The van der Waals surface area contributed by atoms with Crippen molar-refractivity contribution >= 4 is 51.5 Å². The van der Waals surface area contributed by atoms with E-state index in [0.29, 0.717) is 5.56 Å². The second kappa shape index (κ2) is 6.81. The Hall–Kier alpha value is -1.47. The Morgan fingerprint density at radius 3 is 2.25 bits per heavy atom. The number of benzene rings is 2. The summed E-state index contributed by atoms with van der Waals surface area (Å²) in [4.78, 5) is 12.0. The summed E-state index contributed by atoms with van der Waals surface area (Å²) in [6, 6.07) is 15.1. The SMILES string of the molecule is Cc1ccc(NC(=S)NC(=O)c2ccc(I)cc2)cc1. The van der Waals surface area contributed by atoms with E-state index in [2.05, 4.69) is 33.2 Å². The highest BCUT2D eigenvalue weighted by Crippen LogP contribution is 2.09. The molecule has 0 atom stereocenters. The van der Waals surface area contributed by atoms with Crippen molar-refractivity contribution in [2.75, 3.05) is 5.32 Å². The van der Waals surface area contributed by atoms with Crippen molar-refractivity contribution in [1.82, 2.24) is 5.32 Å². The van der Waals surface area contributed by atoms with Crippen LogP contribution >= 0.6 is 34.8 Å². The number of amides is 1. The molecular weight excluding hydrogens is 383 g/mol. The summed E-state index contributed by atoms with van der Waals surface area (Å²) in [7, 11) is 0. The van der Waals surface area contributed by atoms with E-state index in [4.69, 9.17) is 12.2 Å².